The number of furan rings is 1. The van der Waals surface area contributed by atoms with Gasteiger partial charge in [-0.2, -0.15) is 0 Å². The van der Waals surface area contributed by atoms with Crippen molar-refractivity contribution in [2.24, 2.45) is 5.73 Å². The van der Waals surface area contributed by atoms with Crippen molar-refractivity contribution in [2.75, 3.05) is 0 Å². The van der Waals surface area contributed by atoms with Crippen molar-refractivity contribution in [1.82, 2.24) is 10.2 Å². The fourth-order valence-electron chi connectivity index (χ4n) is 1.96. The van der Waals surface area contributed by atoms with Crippen molar-refractivity contribution >= 4 is 17.9 Å². The van der Waals surface area contributed by atoms with Gasteiger partial charge < -0.3 is 25.5 Å². The quantitative estimate of drug-likeness (QED) is 0.666. The second-order valence-corrected chi connectivity index (χ2v) is 4.95. The summed E-state index contributed by atoms with van der Waals surface area (Å²) in [5.41, 5.74) is 4.98. The Kier molecular flexibility index (Phi) is 4.46. The molecular formula is C13H17N3O5. The van der Waals surface area contributed by atoms with E-state index in [0.29, 0.717) is 5.76 Å². The molecular weight excluding hydrogens is 278 g/mol. The minimum absolute atomic E-state index is 0.0677. The minimum atomic E-state index is -1.33. The van der Waals surface area contributed by atoms with Crippen molar-refractivity contribution in [2.45, 2.75) is 37.9 Å². The maximum Gasteiger partial charge on any atom is 0.326 e. The number of carbonyl (C=O) groups excluding carboxylic acids is 2. The van der Waals surface area contributed by atoms with Crippen molar-refractivity contribution in [1.29, 1.82) is 0 Å². The first-order valence-electron chi connectivity index (χ1n) is 6.58. The molecule has 0 aromatic carbocycles. The van der Waals surface area contributed by atoms with Crippen LogP contribution in [0.2, 0.25) is 0 Å². The van der Waals surface area contributed by atoms with Crippen LogP contribution < -0.4 is 11.1 Å². The average molecular weight is 295 g/mol. The second-order valence-electron chi connectivity index (χ2n) is 4.95. The lowest BCUT2D eigenvalue weighted by atomic mass is 10.2. The summed E-state index contributed by atoms with van der Waals surface area (Å²) in [5, 5.41) is 11.3. The Balaban J connectivity index is 2.00. The molecule has 1 aliphatic rings. The van der Waals surface area contributed by atoms with Gasteiger partial charge in [-0.3, -0.25) is 4.79 Å². The summed E-state index contributed by atoms with van der Waals surface area (Å²) in [6.07, 6.45) is 2.79. The number of amides is 3. The fraction of sp³-hybridized carbons (Fsp3) is 0.462. The van der Waals surface area contributed by atoms with E-state index in [9.17, 15) is 14.4 Å². The number of hydrogen-bond donors (Lipinski definition) is 3. The number of carboxylic acid groups (broad SMARTS) is 1. The SMILES string of the molecule is NC(=O)C[C@H](NC(=O)N(Cc1ccco1)C1CC1)C(=O)O. The zero-order valence-corrected chi connectivity index (χ0v) is 11.3. The smallest absolute Gasteiger partial charge is 0.326 e. The third-order valence-corrected chi connectivity index (χ3v) is 3.16. The summed E-state index contributed by atoms with van der Waals surface area (Å²) < 4.78 is 5.20. The standard InChI is InChI=1S/C13H17N3O5/c14-11(17)6-10(12(18)19)15-13(20)16(8-3-4-8)7-9-2-1-5-21-9/h1-2,5,8,10H,3-4,6-7H2,(H2,14,17)(H,15,20)(H,18,19)/t10-/m0/s1. The molecule has 1 aromatic heterocycles. The Morgan fingerprint density at radius 3 is 2.67 bits per heavy atom. The number of carboxylic acids is 1. The maximum absolute atomic E-state index is 12.2. The number of aliphatic carboxylic acids is 1. The highest BCUT2D eigenvalue weighted by Gasteiger charge is 2.35. The lowest BCUT2D eigenvalue weighted by molar-refractivity contribution is -0.141. The van der Waals surface area contributed by atoms with Crippen molar-refractivity contribution in [3.8, 4) is 0 Å². The van der Waals surface area contributed by atoms with Gasteiger partial charge in [-0.25, -0.2) is 9.59 Å². The highest BCUT2D eigenvalue weighted by atomic mass is 16.4. The number of nitrogens with zero attached hydrogens (tertiary/aromatic N) is 1. The lowest BCUT2D eigenvalue weighted by Gasteiger charge is -2.24. The van der Waals surface area contributed by atoms with Gasteiger partial charge in [0, 0.05) is 6.04 Å². The van der Waals surface area contributed by atoms with E-state index < -0.39 is 30.4 Å². The summed E-state index contributed by atoms with van der Waals surface area (Å²) in [4.78, 5) is 35.6. The van der Waals surface area contributed by atoms with Gasteiger partial charge in [0.15, 0.2) is 0 Å². The molecule has 1 fully saturated rings. The van der Waals surface area contributed by atoms with Gasteiger partial charge in [0.2, 0.25) is 5.91 Å². The van der Waals surface area contributed by atoms with E-state index >= 15 is 0 Å². The third kappa shape index (κ3) is 4.23. The van der Waals surface area contributed by atoms with E-state index in [1.165, 1.54) is 11.2 Å². The van der Waals surface area contributed by atoms with Crippen LogP contribution in [0, 0.1) is 0 Å². The molecule has 0 spiro atoms. The average Bonchev–Trinajstić information content (AvgIpc) is 3.11. The van der Waals surface area contributed by atoms with Gasteiger partial charge in [-0.05, 0) is 25.0 Å². The van der Waals surface area contributed by atoms with Gasteiger partial charge in [0.05, 0.1) is 19.2 Å². The monoisotopic (exact) mass is 295 g/mol. The normalized spacial score (nSPS) is 15.2. The molecule has 2 rings (SSSR count). The molecule has 4 N–H and O–H groups in total. The van der Waals surface area contributed by atoms with Crippen LogP contribution in [0.4, 0.5) is 4.79 Å². The molecule has 114 valence electrons. The molecule has 1 atom stereocenters. The van der Waals surface area contributed by atoms with Crippen molar-refractivity contribution in [3.05, 3.63) is 24.2 Å². The van der Waals surface area contributed by atoms with E-state index in [0.717, 1.165) is 12.8 Å². The highest BCUT2D eigenvalue weighted by molar-refractivity contribution is 5.87. The number of hydrogen-bond acceptors (Lipinski definition) is 4. The molecule has 8 nitrogen and oxygen atoms in total. The molecule has 0 saturated heterocycles. The van der Waals surface area contributed by atoms with E-state index in [-0.39, 0.29) is 12.6 Å². The van der Waals surface area contributed by atoms with Crippen LogP contribution in [0.25, 0.3) is 0 Å². The van der Waals surface area contributed by atoms with E-state index in [1.54, 1.807) is 12.1 Å². The second kappa shape index (κ2) is 6.29. The summed E-state index contributed by atoms with van der Waals surface area (Å²) >= 11 is 0. The van der Waals surface area contributed by atoms with Crippen LogP contribution in [0.1, 0.15) is 25.0 Å². The van der Waals surface area contributed by atoms with Crippen LogP contribution in [0.15, 0.2) is 22.8 Å². The summed E-state index contributed by atoms with van der Waals surface area (Å²) in [6, 6.07) is 1.65. The van der Waals surface area contributed by atoms with E-state index in [4.69, 9.17) is 15.3 Å². The number of nitrogens with two attached hydrogens (primary N) is 1. The Morgan fingerprint density at radius 1 is 1.48 bits per heavy atom. The van der Waals surface area contributed by atoms with Crippen molar-refractivity contribution in [3.63, 3.8) is 0 Å². The topological polar surface area (TPSA) is 126 Å². The largest absolute Gasteiger partial charge is 0.480 e. The van der Waals surface area contributed by atoms with Crippen LogP contribution in [-0.2, 0) is 16.1 Å². The lowest BCUT2D eigenvalue weighted by Crippen LogP contribution is -2.49. The summed E-state index contributed by atoms with van der Waals surface area (Å²) in [5.74, 6) is -1.47. The van der Waals surface area contributed by atoms with Crippen molar-refractivity contribution < 1.29 is 23.9 Å². The van der Waals surface area contributed by atoms with Gasteiger partial charge in [-0.1, -0.05) is 0 Å². The Hall–Kier alpha value is -2.51. The number of rotatable bonds is 7. The Morgan fingerprint density at radius 2 is 2.19 bits per heavy atom. The fourth-order valence-corrected chi connectivity index (χ4v) is 1.96. The van der Waals surface area contributed by atoms with Crippen LogP contribution in [-0.4, -0.2) is 40.0 Å². The molecule has 0 unspecified atom stereocenters. The molecule has 3 amide bonds. The van der Waals surface area contributed by atoms with E-state index in [1.807, 2.05) is 0 Å². The number of urea groups is 1. The van der Waals surface area contributed by atoms with E-state index in [2.05, 4.69) is 5.32 Å². The van der Waals surface area contributed by atoms with Crippen LogP contribution in [0.5, 0.6) is 0 Å². The molecule has 1 aliphatic carbocycles. The summed E-state index contributed by atoms with van der Waals surface area (Å²) in [7, 11) is 0. The molecule has 21 heavy (non-hydrogen) atoms. The number of carbonyl (C=O) groups is 3. The minimum Gasteiger partial charge on any atom is -0.480 e. The van der Waals surface area contributed by atoms with Gasteiger partial charge in [-0.15, -0.1) is 0 Å². The zero-order chi connectivity index (χ0) is 15.4. The first-order valence-corrected chi connectivity index (χ1v) is 6.58. The van der Waals surface area contributed by atoms with Gasteiger partial charge in [0.1, 0.15) is 11.8 Å². The molecule has 0 radical (unpaired) electrons. The molecule has 1 saturated carbocycles. The molecule has 0 bridgehead atoms. The van der Waals surface area contributed by atoms with Crippen LogP contribution in [0.3, 0.4) is 0 Å². The maximum atomic E-state index is 12.2. The molecule has 8 heteroatoms. The Labute approximate surface area is 120 Å². The number of primary amides is 1. The first kappa shape index (κ1) is 14.9. The molecule has 1 heterocycles. The van der Waals surface area contributed by atoms with Crippen LogP contribution >= 0.6 is 0 Å². The third-order valence-electron chi connectivity index (χ3n) is 3.16. The highest BCUT2D eigenvalue weighted by Crippen LogP contribution is 2.28. The number of nitrogens with one attached hydrogen (secondary N) is 1. The molecule has 0 aliphatic heterocycles. The Bertz CT molecular complexity index is 524. The molecule has 1 aromatic rings. The summed E-state index contributed by atoms with van der Waals surface area (Å²) in [6.45, 7) is 0.256. The van der Waals surface area contributed by atoms with Gasteiger partial charge in [0.25, 0.3) is 0 Å². The first-order chi connectivity index (χ1) is 9.97. The van der Waals surface area contributed by atoms with Gasteiger partial charge >= 0.3 is 12.0 Å². The zero-order valence-electron chi connectivity index (χ0n) is 11.3. The predicted molar refractivity (Wildman–Crippen MR) is 71.0 cm³/mol. The predicted octanol–water partition coefficient (Wildman–Crippen LogP) is 0.282.